The summed E-state index contributed by atoms with van der Waals surface area (Å²) in [6.45, 7) is 0. The van der Waals surface area contributed by atoms with Crippen LogP contribution in [0.15, 0.2) is 42.9 Å². The van der Waals surface area contributed by atoms with Gasteiger partial charge in [-0.05, 0) is 18.2 Å². The van der Waals surface area contributed by atoms with Gasteiger partial charge in [0.25, 0.3) is 0 Å². The molecule has 0 amide bonds. The average molecular weight is 285 g/mol. The molecular formula is C14H9ClN4O. The number of hydrogen-bond donors (Lipinski definition) is 1. The van der Waals surface area contributed by atoms with E-state index < -0.39 is 0 Å². The summed E-state index contributed by atoms with van der Waals surface area (Å²) in [6.07, 6.45) is 3.75. The molecule has 98 valence electrons. The van der Waals surface area contributed by atoms with E-state index in [1.807, 2.05) is 12.1 Å². The van der Waals surface area contributed by atoms with Crippen LogP contribution >= 0.6 is 11.6 Å². The van der Waals surface area contributed by atoms with Crippen molar-refractivity contribution < 1.29 is 4.79 Å². The maximum atomic E-state index is 10.9. The largest absolute Gasteiger partial charge is 0.334 e. The number of aldehydes is 1. The lowest BCUT2D eigenvalue weighted by Gasteiger charge is -2.02. The van der Waals surface area contributed by atoms with Crippen LogP contribution in [0.2, 0.25) is 5.02 Å². The highest BCUT2D eigenvalue weighted by atomic mass is 35.5. The summed E-state index contributed by atoms with van der Waals surface area (Å²) >= 11 is 5.88. The molecule has 0 fully saturated rings. The second-order valence-corrected chi connectivity index (χ2v) is 4.50. The first-order chi connectivity index (χ1) is 9.78. The Morgan fingerprint density at radius 3 is 2.60 bits per heavy atom. The first kappa shape index (κ1) is 12.5. The lowest BCUT2D eigenvalue weighted by molar-refractivity contribution is 0.111. The minimum atomic E-state index is 0.253. The molecule has 0 aliphatic heterocycles. The first-order valence-electron chi connectivity index (χ1n) is 5.85. The number of rotatable bonds is 3. The molecule has 0 unspecified atom stereocenters. The SMILES string of the molecule is O=Cc1nc(-c2ccc(Cl)cc2)c(-c2ccncn2)[nH]1. The van der Waals surface area contributed by atoms with Crippen LogP contribution in [-0.4, -0.2) is 26.2 Å². The molecule has 0 saturated heterocycles. The number of benzene rings is 1. The molecule has 0 saturated carbocycles. The normalized spacial score (nSPS) is 10.4. The Morgan fingerprint density at radius 1 is 1.15 bits per heavy atom. The Morgan fingerprint density at radius 2 is 1.95 bits per heavy atom. The molecule has 2 aromatic heterocycles. The van der Waals surface area contributed by atoms with Crippen LogP contribution in [0.1, 0.15) is 10.6 Å². The molecule has 6 heteroatoms. The van der Waals surface area contributed by atoms with E-state index in [1.165, 1.54) is 6.33 Å². The van der Waals surface area contributed by atoms with Gasteiger partial charge >= 0.3 is 0 Å². The topological polar surface area (TPSA) is 71.5 Å². The van der Waals surface area contributed by atoms with Gasteiger partial charge in [0.2, 0.25) is 0 Å². The number of hydrogen-bond acceptors (Lipinski definition) is 4. The fourth-order valence-electron chi connectivity index (χ4n) is 1.89. The highest BCUT2D eigenvalue weighted by Gasteiger charge is 2.14. The van der Waals surface area contributed by atoms with Crippen molar-refractivity contribution in [3.8, 4) is 22.6 Å². The summed E-state index contributed by atoms with van der Waals surface area (Å²) in [5.74, 6) is 0.253. The maximum Gasteiger partial charge on any atom is 0.185 e. The van der Waals surface area contributed by atoms with E-state index in [0.717, 1.165) is 5.56 Å². The summed E-state index contributed by atoms with van der Waals surface area (Å²) in [6, 6.07) is 8.99. The summed E-state index contributed by atoms with van der Waals surface area (Å²) in [7, 11) is 0. The lowest BCUT2D eigenvalue weighted by Crippen LogP contribution is -1.87. The van der Waals surface area contributed by atoms with E-state index in [4.69, 9.17) is 11.6 Å². The number of carbonyl (C=O) groups is 1. The second kappa shape index (κ2) is 5.22. The number of aromatic nitrogens is 4. The molecule has 5 nitrogen and oxygen atoms in total. The van der Waals surface area contributed by atoms with E-state index in [-0.39, 0.29) is 5.82 Å². The number of aromatic amines is 1. The predicted octanol–water partition coefficient (Wildman–Crippen LogP) is 3.00. The third-order valence-electron chi connectivity index (χ3n) is 2.79. The smallest absolute Gasteiger partial charge is 0.185 e. The Hall–Kier alpha value is -2.53. The molecule has 0 bridgehead atoms. The molecule has 0 atom stereocenters. The Labute approximate surface area is 119 Å². The van der Waals surface area contributed by atoms with E-state index >= 15 is 0 Å². The Kier molecular flexibility index (Phi) is 3.26. The molecule has 0 radical (unpaired) electrons. The van der Waals surface area contributed by atoms with Crippen LogP contribution in [0.5, 0.6) is 0 Å². The number of nitrogens with zero attached hydrogens (tertiary/aromatic N) is 3. The molecule has 0 aliphatic carbocycles. The number of halogens is 1. The monoisotopic (exact) mass is 284 g/mol. The zero-order chi connectivity index (χ0) is 13.9. The first-order valence-corrected chi connectivity index (χ1v) is 6.23. The fourth-order valence-corrected chi connectivity index (χ4v) is 2.01. The van der Waals surface area contributed by atoms with Gasteiger partial charge in [0.1, 0.15) is 6.33 Å². The molecule has 2 heterocycles. The minimum Gasteiger partial charge on any atom is -0.334 e. The van der Waals surface area contributed by atoms with Gasteiger partial charge in [-0.25, -0.2) is 15.0 Å². The van der Waals surface area contributed by atoms with Gasteiger partial charge in [-0.15, -0.1) is 0 Å². The summed E-state index contributed by atoms with van der Waals surface area (Å²) in [5.41, 5.74) is 2.86. The van der Waals surface area contributed by atoms with E-state index in [2.05, 4.69) is 19.9 Å². The predicted molar refractivity (Wildman–Crippen MR) is 75.4 cm³/mol. The summed E-state index contributed by atoms with van der Waals surface area (Å²) in [5, 5.41) is 0.642. The lowest BCUT2D eigenvalue weighted by atomic mass is 10.1. The van der Waals surface area contributed by atoms with Gasteiger partial charge in [-0.3, -0.25) is 4.79 Å². The fraction of sp³-hybridized carbons (Fsp3) is 0. The van der Waals surface area contributed by atoms with Crippen LogP contribution < -0.4 is 0 Å². The molecule has 0 spiro atoms. The Balaban J connectivity index is 2.17. The van der Waals surface area contributed by atoms with Crippen LogP contribution in [0, 0.1) is 0 Å². The Bertz CT molecular complexity index is 738. The number of imidazole rings is 1. The molecule has 1 aromatic carbocycles. The molecule has 3 rings (SSSR count). The van der Waals surface area contributed by atoms with Crippen molar-refractivity contribution >= 4 is 17.9 Å². The van der Waals surface area contributed by atoms with Crippen LogP contribution in [0.3, 0.4) is 0 Å². The van der Waals surface area contributed by atoms with Gasteiger partial charge in [0, 0.05) is 16.8 Å². The minimum absolute atomic E-state index is 0.253. The second-order valence-electron chi connectivity index (χ2n) is 4.07. The molecule has 0 aliphatic rings. The van der Waals surface area contributed by atoms with Gasteiger partial charge in [-0.2, -0.15) is 0 Å². The third kappa shape index (κ3) is 2.31. The van der Waals surface area contributed by atoms with Gasteiger partial charge in [-0.1, -0.05) is 23.7 Å². The van der Waals surface area contributed by atoms with Crippen LogP contribution in [0.25, 0.3) is 22.6 Å². The van der Waals surface area contributed by atoms with Crippen molar-refractivity contribution in [3.05, 3.63) is 53.7 Å². The molecular weight excluding hydrogens is 276 g/mol. The zero-order valence-corrected chi connectivity index (χ0v) is 11.0. The van der Waals surface area contributed by atoms with Gasteiger partial charge < -0.3 is 4.98 Å². The number of nitrogens with one attached hydrogen (secondary N) is 1. The quantitative estimate of drug-likeness (QED) is 0.751. The standard InChI is InChI=1S/C14H9ClN4O/c15-10-3-1-9(2-4-10)13-14(19-12(7-20)18-13)11-5-6-16-8-17-11/h1-8H,(H,18,19). The molecule has 20 heavy (non-hydrogen) atoms. The van der Waals surface area contributed by atoms with Crippen molar-refractivity contribution in [2.75, 3.05) is 0 Å². The highest BCUT2D eigenvalue weighted by molar-refractivity contribution is 6.30. The van der Waals surface area contributed by atoms with Crippen molar-refractivity contribution in [2.45, 2.75) is 0 Å². The maximum absolute atomic E-state index is 10.9. The molecule has 3 aromatic rings. The van der Waals surface area contributed by atoms with Crippen molar-refractivity contribution in [3.63, 3.8) is 0 Å². The zero-order valence-electron chi connectivity index (χ0n) is 10.2. The van der Waals surface area contributed by atoms with Gasteiger partial charge in [0.05, 0.1) is 17.1 Å². The van der Waals surface area contributed by atoms with Crippen LogP contribution in [0.4, 0.5) is 0 Å². The van der Waals surface area contributed by atoms with Crippen molar-refractivity contribution in [1.82, 2.24) is 19.9 Å². The third-order valence-corrected chi connectivity index (χ3v) is 3.04. The number of H-pyrrole nitrogens is 1. The van der Waals surface area contributed by atoms with Gasteiger partial charge in [0.15, 0.2) is 12.1 Å². The van der Waals surface area contributed by atoms with Crippen molar-refractivity contribution in [2.24, 2.45) is 0 Å². The highest BCUT2D eigenvalue weighted by Crippen LogP contribution is 2.29. The van der Waals surface area contributed by atoms with Crippen LogP contribution in [-0.2, 0) is 0 Å². The summed E-state index contributed by atoms with van der Waals surface area (Å²) in [4.78, 5) is 26.2. The average Bonchev–Trinajstić information content (AvgIpc) is 2.93. The molecule has 1 N–H and O–H groups in total. The van der Waals surface area contributed by atoms with Crippen molar-refractivity contribution in [1.29, 1.82) is 0 Å². The number of carbonyl (C=O) groups excluding carboxylic acids is 1. The van der Waals surface area contributed by atoms with E-state index in [1.54, 1.807) is 24.4 Å². The van der Waals surface area contributed by atoms with E-state index in [0.29, 0.717) is 28.4 Å². The van der Waals surface area contributed by atoms with E-state index in [9.17, 15) is 4.79 Å². The summed E-state index contributed by atoms with van der Waals surface area (Å²) < 4.78 is 0.